The lowest BCUT2D eigenvalue weighted by Gasteiger charge is -2.03. The third-order valence-corrected chi connectivity index (χ3v) is 5.11. The lowest BCUT2D eigenvalue weighted by Crippen LogP contribution is -2.19. The van der Waals surface area contributed by atoms with Crippen molar-refractivity contribution >= 4 is 34.4 Å². The first kappa shape index (κ1) is 18.1. The highest BCUT2D eigenvalue weighted by atomic mass is 32.2. The summed E-state index contributed by atoms with van der Waals surface area (Å²) in [5.41, 5.74) is 6.81. The number of amides is 1. The van der Waals surface area contributed by atoms with Crippen LogP contribution >= 0.6 is 11.8 Å². The van der Waals surface area contributed by atoms with Crippen LogP contribution in [0.1, 0.15) is 28.6 Å². The number of furan rings is 1. The number of nitrogens with zero attached hydrogens (tertiary/aromatic N) is 2. The second-order valence-corrected chi connectivity index (χ2v) is 7.12. The summed E-state index contributed by atoms with van der Waals surface area (Å²) in [5, 5.41) is 4.95. The molecule has 1 amide bonds. The second-order valence-electron chi connectivity index (χ2n) is 6.16. The number of carbonyl (C=O) groups is 1. The first-order valence-electron chi connectivity index (χ1n) is 8.74. The summed E-state index contributed by atoms with van der Waals surface area (Å²) in [5.74, 6) is 1.12. The molecule has 140 valence electrons. The number of carbonyl (C=O) groups excluding carboxylic acids is 1. The highest BCUT2D eigenvalue weighted by molar-refractivity contribution is 7.98. The number of nitrogens with one attached hydrogen (secondary N) is 2. The molecule has 2 heterocycles. The molecule has 2 aromatic heterocycles. The van der Waals surface area contributed by atoms with E-state index in [1.807, 2.05) is 36.4 Å². The number of imidazole rings is 1. The summed E-state index contributed by atoms with van der Waals surface area (Å²) in [7, 11) is 0. The molecular weight excluding hydrogens is 372 g/mol. The first-order chi connectivity index (χ1) is 13.7. The Labute approximate surface area is 166 Å². The highest BCUT2D eigenvalue weighted by Crippen LogP contribution is 2.23. The van der Waals surface area contributed by atoms with Gasteiger partial charge in [-0.3, -0.25) is 4.79 Å². The number of para-hydroxylation sites is 2. The van der Waals surface area contributed by atoms with Gasteiger partial charge in [-0.2, -0.15) is 5.10 Å². The smallest absolute Gasteiger partial charge is 0.271 e. The Hall–Kier alpha value is -3.32. The van der Waals surface area contributed by atoms with Crippen molar-refractivity contribution in [1.29, 1.82) is 0 Å². The van der Waals surface area contributed by atoms with Gasteiger partial charge in [-0.15, -0.1) is 0 Å². The monoisotopic (exact) mass is 390 g/mol. The van der Waals surface area contributed by atoms with Crippen molar-refractivity contribution in [3.05, 3.63) is 83.8 Å². The molecule has 2 N–H and O–H groups in total. The van der Waals surface area contributed by atoms with Gasteiger partial charge in [-0.05, 0) is 48.9 Å². The molecule has 28 heavy (non-hydrogen) atoms. The Morgan fingerprint density at radius 2 is 1.96 bits per heavy atom. The zero-order valence-electron chi connectivity index (χ0n) is 15.2. The average molecular weight is 390 g/mol. The van der Waals surface area contributed by atoms with Crippen LogP contribution in [-0.2, 0) is 5.75 Å². The molecular formula is C21H18N4O2S. The molecule has 0 unspecified atom stereocenters. The van der Waals surface area contributed by atoms with E-state index >= 15 is 0 Å². The van der Waals surface area contributed by atoms with E-state index in [9.17, 15) is 4.79 Å². The zero-order valence-corrected chi connectivity index (χ0v) is 16.0. The van der Waals surface area contributed by atoms with E-state index in [0.29, 0.717) is 17.0 Å². The van der Waals surface area contributed by atoms with Crippen LogP contribution in [-0.4, -0.2) is 21.6 Å². The summed E-state index contributed by atoms with van der Waals surface area (Å²) < 4.78 is 5.24. The van der Waals surface area contributed by atoms with Gasteiger partial charge in [0.1, 0.15) is 11.5 Å². The van der Waals surface area contributed by atoms with Gasteiger partial charge in [0, 0.05) is 11.3 Å². The Balaban J connectivity index is 1.35. The van der Waals surface area contributed by atoms with Gasteiger partial charge in [-0.1, -0.05) is 36.0 Å². The second kappa shape index (κ2) is 8.14. The fraction of sp³-hybridized carbons (Fsp3) is 0.0952. The van der Waals surface area contributed by atoms with Crippen LogP contribution in [0.5, 0.6) is 0 Å². The normalized spacial score (nSPS) is 11.7. The lowest BCUT2D eigenvalue weighted by atomic mass is 10.1. The predicted molar refractivity (Wildman–Crippen MR) is 110 cm³/mol. The Morgan fingerprint density at radius 1 is 1.14 bits per heavy atom. The maximum atomic E-state index is 12.2. The van der Waals surface area contributed by atoms with E-state index in [-0.39, 0.29) is 5.91 Å². The fourth-order valence-electron chi connectivity index (χ4n) is 2.64. The maximum Gasteiger partial charge on any atom is 0.271 e. The average Bonchev–Trinajstić information content (AvgIpc) is 3.40. The molecule has 0 spiro atoms. The molecule has 7 heteroatoms. The third kappa shape index (κ3) is 4.15. The molecule has 0 aliphatic rings. The van der Waals surface area contributed by atoms with Crippen LogP contribution in [0.2, 0.25) is 0 Å². The Kier molecular flexibility index (Phi) is 5.25. The number of aromatic amines is 1. The Bertz CT molecular complexity index is 1080. The number of benzene rings is 2. The van der Waals surface area contributed by atoms with Crippen molar-refractivity contribution in [1.82, 2.24) is 15.4 Å². The van der Waals surface area contributed by atoms with Gasteiger partial charge in [-0.25, -0.2) is 10.4 Å². The third-order valence-electron chi connectivity index (χ3n) is 4.16. The molecule has 2 aromatic carbocycles. The summed E-state index contributed by atoms with van der Waals surface area (Å²) >= 11 is 1.63. The minimum absolute atomic E-state index is 0.262. The van der Waals surface area contributed by atoms with E-state index in [0.717, 1.165) is 27.5 Å². The number of thioether (sulfide) groups is 1. The maximum absolute atomic E-state index is 12.2. The van der Waals surface area contributed by atoms with Crippen molar-refractivity contribution in [3.63, 3.8) is 0 Å². The molecule has 4 rings (SSSR count). The summed E-state index contributed by atoms with van der Waals surface area (Å²) in [6, 6.07) is 19.0. The van der Waals surface area contributed by atoms with Crippen LogP contribution in [0.3, 0.4) is 0 Å². The fourth-order valence-corrected chi connectivity index (χ4v) is 3.48. The Morgan fingerprint density at radius 3 is 2.71 bits per heavy atom. The zero-order chi connectivity index (χ0) is 19.3. The molecule has 0 aliphatic carbocycles. The van der Waals surface area contributed by atoms with Crippen LogP contribution < -0.4 is 5.43 Å². The summed E-state index contributed by atoms with van der Waals surface area (Å²) in [6.07, 6.45) is 1.57. The number of hydrazone groups is 1. The van der Waals surface area contributed by atoms with Crippen LogP contribution in [0.4, 0.5) is 0 Å². The number of H-pyrrole nitrogens is 1. The quantitative estimate of drug-likeness (QED) is 0.286. The van der Waals surface area contributed by atoms with Crippen LogP contribution in [0, 0.1) is 0 Å². The number of hydrogen-bond donors (Lipinski definition) is 2. The molecule has 0 aliphatic heterocycles. The van der Waals surface area contributed by atoms with Crippen molar-refractivity contribution in [2.75, 3.05) is 0 Å². The molecule has 0 atom stereocenters. The van der Waals surface area contributed by atoms with Gasteiger partial charge >= 0.3 is 0 Å². The van der Waals surface area contributed by atoms with Crippen LogP contribution in [0.15, 0.2) is 81.6 Å². The molecule has 0 fully saturated rings. The van der Waals surface area contributed by atoms with Gasteiger partial charge in [0.25, 0.3) is 5.91 Å². The summed E-state index contributed by atoms with van der Waals surface area (Å²) in [4.78, 5) is 20.1. The van der Waals surface area contributed by atoms with Crippen molar-refractivity contribution in [2.45, 2.75) is 17.8 Å². The first-order valence-corrected chi connectivity index (χ1v) is 9.72. The minimum Gasteiger partial charge on any atom is -0.463 e. The van der Waals surface area contributed by atoms with E-state index in [1.165, 1.54) is 0 Å². The van der Waals surface area contributed by atoms with Gasteiger partial charge in [0.05, 0.1) is 17.3 Å². The molecule has 6 nitrogen and oxygen atoms in total. The SMILES string of the molecule is CC(=NNC(=O)c1ccc(CSc2nc3ccccc3[nH]2)cc1)c1ccco1. The topological polar surface area (TPSA) is 83.3 Å². The largest absolute Gasteiger partial charge is 0.463 e. The predicted octanol–water partition coefficient (Wildman–Crippen LogP) is 4.60. The van der Waals surface area contributed by atoms with E-state index in [4.69, 9.17) is 4.42 Å². The van der Waals surface area contributed by atoms with Gasteiger partial charge < -0.3 is 9.40 Å². The molecule has 0 saturated heterocycles. The van der Waals surface area contributed by atoms with Gasteiger partial charge in [0.2, 0.25) is 0 Å². The van der Waals surface area contributed by atoms with Crippen molar-refractivity contribution in [2.24, 2.45) is 5.10 Å². The lowest BCUT2D eigenvalue weighted by molar-refractivity contribution is 0.0955. The highest BCUT2D eigenvalue weighted by Gasteiger charge is 2.07. The van der Waals surface area contributed by atoms with Crippen LogP contribution in [0.25, 0.3) is 11.0 Å². The molecule has 0 saturated carbocycles. The number of fused-ring (bicyclic) bond motifs is 1. The van der Waals surface area contributed by atoms with Crippen molar-refractivity contribution < 1.29 is 9.21 Å². The number of rotatable bonds is 6. The van der Waals surface area contributed by atoms with Gasteiger partial charge in [0.15, 0.2) is 5.16 Å². The van der Waals surface area contributed by atoms with E-state index in [1.54, 1.807) is 49.2 Å². The standard InChI is InChI=1S/C21H18N4O2S/c1-14(19-7-4-12-27-19)24-25-20(26)16-10-8-15(9-11-16)13-28-21-22-17-5-2-3-6-18(17)23-21/h2-12H,13H2,1H3,(H,22,23)(H,25,26). The molecule has 0 radical (unpaired) electrons. The number of hydrogen-bond acceptors (Lipinski definition) is 5. The van der Waals surface area contributed by atoms with Crippen molar-refractivity contribution in [3.8, 4) is 0 Å². The summed E-state index contributed by atoms with van der Waals surface area (Å²) in [6.45, 7) is 1.78. The van der Waals surface area contributed by atoms with E-state index < -0.39 is 0 Å². The minimum atomic E-state index is -0.262. The number of aromatic nitrogens is 2. The molecule has 0 bridgehead atoms. The van der Waals surface area contributed by atoms with E-state index in [2.05, 4.69) is 20.5 Å². The molecule has 4 aromatic rings.